The normalized spacial score (nSPS) is 20.7. The van der Waals surface area contributed by atoms with E-state index in [9.17, 15) is 22.8 Å². The maximum Gasteiger partial charge on any atom is 0.250 e. The average Bonchev–Trinajstić information content (AvgIpc) is 3.60. The van der Waals surface area contributed by atoms with Crippen molar-refractivity contribution in [2.75, 3.05) is 26.2 Å². The fraction of sp³-hybridized carbons (Fsp3) is 0.522. The van der Waals surface area contributed by atoms with Crippen molar-refractivity contribution in [2.24, 2.45) is 0 Å². The number of halogens is 1. The van der Waals surface area contributed by atoms with Gasteiger partial charge in [-0.2, -0.15) is 4.72 Å². The largest absolute Gasteiger partial charge is 0.354 e. The van der Waals surface area contributed by atoms with Gasteiger partial charge in [0.25, 0.3) is 10.0 Å². The highest BCUT2D eigenvalue weighted by atomic mass is 35.5. The Balaban J connectivity index is 1.37. The van der Waals surface area contributed by atoms with Gasteiger partial charge in [0, 0.05) is 41.9 Å². The molecule has 4 rings (SSSR count). The number of sulfonamides is 1. The third-order valence-corrected chi connectivity index (χ3v) is 10.8. The molecule has 2 fully saturated rings. The third kappa shape index (κ3) is 6.28. The van der Waals surface area contributed by atoms with Crippen LogP contribution < -0.4 is 10.0 Å². The number of likely N-dealkylation sites (tertiary alicyclic amines) is 2. The van der Waals surface area contributed by atoms with Gasteiger partial charge in [0.15, 0.2) is 0 Å². The summed E-state index contributed by atoms with van der Waals surface area (Å²) in [5.74, 6) is -0.639. The first-order valence-corrected chi connectivity index (χ1v) is 15.4. The molecule has 36 heavy (non-hydrogen) atoms. The summed E-state index contributed by atoms with van der Waals surface area (Å²) in [7, 11) is -3.91. The van der Waals surface area contributed by atoms with Crippen LogP contribution in [0.1, 0.15) is 39.0 Å². The zero-order valence-electron chi connectivity index (χ0n) is 19.9. The highest BCUT2D eigenvalue weighted by Gasteiger charge is 2.36. The lowest BCUT2D eigenvalue weighted by Crippen LogP contribution is -2.55. The molecule has 3 amide bonds. The van der Waals surface area contributed by atoms with Crippen molar-refractivity contribution in [2.45, 2.75) is 55.3 Å². The van der Waals surface area contributed by atoms with Gasteiger partial charge >= 0.3 is 0 Å². The number of nitrogens with one attached hydrogen (secondary N) is 2. The minimum Gasteiger partial charge on any atom is -0.354 e. The monoisotopic (exact) mass is 572 g/mol. The number of piperidine rings is 1. The smallest absolute Gasteiger partial charge is 0.250 e. The molecule has 2 aliphatic heterocycles. The molecule has 0 bridgehead atoms. The Morgan fingerprint density at radius 3 is 2.53 bits per heavy atom. The molecule has 0 radical (unpaired) electrons. The van der Waals surface area contributed by atoms with Crippen LogP contribution in [0.5, 0.6) is 0 Å². The van der Waals surface area contributed by atoms with E-state index in [1.54, 1.807) is 24.0 Å². The Morgan fingerprint density at radius 2 is 1.81 bits per heavy atom. The number of hydrogen-bond acceptors (Lipinski definition) is 7. The van der Waals surface area contributed by atoms with Gasteiger partial charge in [-0.3, -0.25) is 14.4 Å². The lowest BCUT2D eigenvalue weighted by Gasteiger charge is -2.34. The first kappa shape index (κ1) is 27.1. The van der Waals surface area contributed by atoms with Crippen LogP contribution >= 0.6 is 34.3 Å². The second-order valence-corrected chi connectivity index (χ2v) is 13.6. The van der Waals surface area contributed by atoms with E-state index in [1.807, 2.05) is 6.07 Å². The summed E-state index contributed by atoms with van der Waals surface area (Å²) >= 11 is 8.48. The third-order valence-electron chi connectivity index (χ3n) is 6.37. The molecule has 2 aromatic rings. The zero-order chi connectivity index (χ0) is 25.9. The van der Waals surface area contributed by atoms with E-state index in [4.69, 9.17) is 11.6 Å². The Morgan fingerprint density at radius 1 is 1.08 bits per heavy atom. The molecule has 0 aromatic carbocycles. The van der Waals surface area contributed by atoms with Crippen LogP contribution in [0.15, 0.2) is 28.5 Å². The van der Waals surface area contributed by atoms with Crippen molar-refractivity contribution >= 4 is 62.0 Å². The van der Waals surface area contributed by atoms with Crippen LogP contribution in [-0.4, -0.2) is 74.2 Å². The van der Waals surface area contributed by atoms with Crippen molar-refractivity contribution < 1.29 is 22.8 Å². The lowest BCUT2D eigenvalue weighted by molar-refractivity contribution is -0.143. The molecule has 2 N–H and O–H groups in total. The van der Waals surface area contributed by atoms with Gasteiger partial charge in [0.2, 0.25) is 17.7 Å². The van der Waals surface area contributed by atoms with Crippen LogP contribution in [-0.2, 0) is 24.4 Å². The Kier molecular flexibility index (Phi) is 8.71. The summed E-state index contributed by atoms with van der Waals surface area (Å²) in [6, 6.07) is 5.84. The van der Waals surface area contributed by atoms with Crippen molar-refractivity contribution in [3.05, 3.63) is 28.6 Å². The summed E-state index contributed by atoms with van der Waals surface area (Å²) < 4.78 is 29.3. The molecule has 2 saturated heterocycles. The fourth-order valence-corrected chi connectivity index (χ4v) is 8.16. The van der Waals surface area contributed by atoms with Gasteiger partial charge in [0.05, 0.1) is 10.9 Å². The zero-order valence-corrected chi connectivity index (χ0v) is 23.1. The van der Waals surface area contributed by atoms with Crippen molar-refractivity contribution in [3.63, 3.8) is 0 Å². The predicted octanol–water partition coefficient (Wildman–Crippen LogP) is 2.92. The molecule has 0 saturated carbocycles. The number of carbonyl (C=O) groups excluding carboxylic acids is 3. The summed E-state index contributed by atoms with van der Waals surface area (Å²) in [5, 5.41) is 2.84. The van der Waals surface area contributed by atoms with Gasteiger partial charge in [0.1, 0.15) is 10.3 Å². The quantitative estimate of drug-likeness (QED) is 0.479. The summed E-state index contributed by atoms with van der Waals surface area (Å²) in [5.41, 5.74) is 0. The van der Waals surface area contributed by atoms with E-state index in [-0.39, 0.29) is 28.6 Å². The minimum atomic E-state index is -3.91. The molecule has 2 aliphatic rings. The number of carbonyl (C=O) groups is 3. The van der Waals surface area contributed by atoms with E-state index >= 15 is 0 Å². The van der Waals surface area contributed by atoms with Gasteiger partial charge in [-0.1, -0.05) is 18.5 Å². The number of amides is 3. The maximum absolute atomic E-state index is 13.1. The fourth-order valence-electron chi connectivity index (χ4n) is 4.48. The van der Waals surface area contributed by atoms with E-state index in [0.717, 1.165) is 33.9 Å². The van der Waals surface area contributed by atoms with Gasteiger partial charge in [-0.05, 0) is 49.9 Å². The van der Waals surface area contributed by atoms with Crippen molar-refractivity contribution in [3.8, 4) is 9.75 Å². The van der Waals surface area contributed by atoms with E-state index in [1.165, 1.54) is 22.3 Å². The number of nitrogens with zero attached hydrogens (tertiary/aromatic N) is 2. The average molecular weight is 573 g/mol. The van der Waals surface area contributed by atoms with Crippen molar-refractivity contribution in [1.82, 2.24) is 19.8 Å². The molecule has 13 heteroatoms. The van der Waals surface area contributed by atoms with Crippen LogP contribution in [0.3, 0.4) is 0 Å². The minimum absolute atomic E-state index is 0.0623. The topological polar surface area (TPSA) is 116 Å². The molecule has 9 nitrogen and oxygen atoms in total. The van der Waals surface area contributed by atoms with Gasteiger partial charge in [-0.15, -0.1) is 22.7 Å². The van der Waals surface area contributed by atoms with E-state index < -0.39 is 22.0 Å². The molecule has 196 valence electrons. The maximum atomic E-state index is 13.1. The molecule has 0 unspecified atom stereocenters. The Bertz CT molecular complexity index is 1230. The van der Waals surface area contributed by atoms with Gasteiger partial charge in [-0.25, -0.2) is 8.42 Å². The van der Waals surface area contributed by atoms with Crippen LogP contribution in [0, 0.1) is 0 Å². The Hall–Kier alpha value is -1.99. The number of hydrogen-bond donors (Lipinski definition) is 2. The SMILES string of the molecule is CCC(=O)NC[C@@H]1CCCN1C(=O)CN1CCC[C@H](NS(=O)(=O)c2ccc(-c3ccc(Cl)s3)s2)C1=O. The molecule has 0 spiro atoms. The molecule has 4 heterocycles. The molecule has 2 aromatic heterocycles. The summed E-state index contributed by atoms with van der Waals surface area (Å²) in [4.78, 5) is 42.5. The number of rotatable bonds is 9. The first-order chi connectivity index (χ1) is 17.2. The second kappa shape index (κ2) is 11.6. The number of thiophene rings is 2. The molecule has 0 aliphatic carbocycles. The highest BCUT2D eigenvalue weighted by Crippen LogP contribution is 2.37. The first-order valence-electron chi connectivity index (χ1n) is 11.9. The lowest BCUT2D eigenvalue weighted by atomic mass is 10.1. The van der Waals surface area contributed by atoms with Crippen LogP contribution in [0.25, 0.3) is 9.75 Å². The van der Waals surface area contributed by atoms with Crippen LogP contribution in [0.2, 0.25) is 4.34 Å². The molecule has 2 atom stereocenters. The molecular weight excluding hydrogens is 544 g/mol. The standard InChI is InChI=1S/C23H29ClN4O5S3/c1-2-20(29)25-13-15-5-3-12-28(15)21(30)14-27-11-4-6-16(23(27)31)26-36(32,33)22-10-8-18(35-22)17-7-9-19(24)34-17/h7-10,15-16,26H,2-6,11-14H2,1H3,(H,25,29)/t15-,16-/m0/s1. The van der Waals surface area contributed by atoms with Crippen molar-refractivity contribution in [1.29, 1.82) is 0 Å². The van der Waals surface area contributed by atoms with E-state index in [2.05, 4.69) is 10.0 Å². The Labute approximate surface area is 223 Å². The second-order valence-electron chi connectivity index (χ2n) is 8.84. The highest BCUT2D eigenvalue weighted by molar-refractivity contribution is 7.91. The predicted molar refractivity (Wildman–Crippen MR) is 141 cm³/mol. The summed E-state index contributed by atoms with van der Waals surface area (Å²) in [6.45, 7) is 3.05. The van der Waals surface area contributed by atoms with E-state index in [0.29, 0.717) is 43.2 Å². The van der Waals surface area contributed by atoms with Gasteiger partial charge < -0.3 is 15.1 Å². The summed E-state index contributed by atoms with van der Waals surface area (Å²) in [6.07, 6.45) is 2.99. The van der Waals surface area contributed by atoms with Crippen LogP contribution in [0.4, 0.5) is 0 Å². The molecular formula is C23H29ClN4O5S3.